The van der Waals surface area contributed by atoms with E-state index in [9.17, 15) is 4.79 Å². The van der Waals surface area contributed by atoms with Crippen LogP contribution in [0.25, 0.3) is 0 Å². The van der Waals surface area contributed by atoms with Crippen molar-refractivity contribution < 1.29 is 9.53 Å². The van der Waals surface area contributed by atoms with Crippen molar-refractivity contribution in [1.82, 2.24) is 4.90 Å². The van der Waals surface area contributed by atoms with Gasteiger partial charge in [-0.3, -0.25) is 0 Å². The van der Waals surface area contributed by atoms with Gasteiger partial charge in [-0.1, -0.05) is 13.8 Å². The molecular weight excluding hydrogens is 239 g/mol. The normalized spacial score (nSPS) is 9.94. The summed E-state index contributed by atoms with van der Waals surface area (Å²) in [5, 5.41) is 0. The van der Waals surface area contributed by atoms with Gasteiger partial charge in [0.05, 0.1) is 5.56 Å². The molecule has 0 unspecified atom stereocenters. The summed E-state index contributed by atoms with van der Waals surface area (Å²) in [6.45, 7) is 7.31. The predicted molar refractivity (Wildman–Crippen MR) is 76.1 cm³/mol. The Bertz CT molecular complexity index is 351. The summed E-state index contributed by atoms with van der Waals surface area (Å²) in [5.74, 6) is -0.294. The molecule has 1 aromatic carbocycles. The Labute approximate surface area is 131 Å². The topological polar surface area (TPSA) is 55.6 Å². The van der Waals surface area contributed by atoms with Gasteiger partial charge in [0, 0.05) is 12.2 Å². The van der Waals surface area contributed by atoms with Gasteiger partial charge in [0.25, 0.3) is 0 Å². The van der Waals surface area contributed by atoms with Crippen molar-refractivity contribution in [2.24, 2.45) is 0 Å². The fraction of sp³-hybridized carbons (Fsp3) is 0.462. The van der Waals surface area contributed by atoms with E-state index in [4.69, 9.17) is 10.5 Å². The van der Waals surface area contributed by atoms with E-state index < -0.39 is 0 Å². The van der Waals surface area contributed by atoms with Crippen LogP contribution in [-0.2, 0) is 4.74 Å². The molecule has 0 fully saturated rings. The molecule has 0 saturated heterocycles. The number of anilines is 1. The van der Waals surface area contributed by atoms with Crippen molar-refractivity contribution in [3.63, 3.8) is 0 Å². The fourth-order valence-electron chi connectivity index (χ4n) is 1.51. The first-order chi connectivity index (χ1) is 8.17. The number of rotatable bonds is 6. The Kier molecular flexibility index (Phi) is 9.10. The zero-order valence-electron chi connectivity index (χ0n) is 10.5. The van der Waals surface area contributed by atoms with Crippen molar-refractivity contribution in [2.45, 2.75) is 13.8 Å². The van der Waals surface area contributed by atoms with E-state index in [1.807, 2.05) is 0 Å². The Balaban J connectivity index is 0.00000289. The third-order valence-corrected chi connectivity index (χ3v) is 2.68. The molecule has 0 heterocycles. The Morgan fingerprint density at radius 1 is 1.22 bits per heavy atom. The minimum atomic E-state index is -0.294. The number of esters is 1. The van der Waals surface area contributed by atoms with Gasteiger partial charge >= 0.3 is 35.5 Å². The van der Waals surface area contributed by atoms with Crippen LogP contribution in [0, 0.1) is 0 Å². The summed E-state index contributed by atoms with van der Waals surface area (Å²) in [5.41, 5.74) is 6.73. The van der Waals surface area contributed by atoms with Gasteiger partial charge in [0.2, 0.25) is 0 Å². The number of nitrogens with two attached hydrogens (primary N) is 1. The van der Waals surface area contributed by atoms with Crippen LogP contribution in [0.5, 0.6) is 0 Å². The van der Waals surface area contributed by atoms with Crippen molar-refractivity contribution in [2.75, 3.05) is 32.0 Å². The van der Waals surface area contributed by atoms with Crippen molar-refractivity contribution in [1.29, 1.82) is 0 Å². The summed E-state index contributed by atoms with van der Waals surface area (Å²) >= 11 is 0. The second-order valence-electron chi connectivity index (χ2n) is 3.78. The Morgan fingerprint density at radius 2 is 1.78 bits per heavy atom. The van der Waals surface area contributed by atoms with Crippen molar-refractivity contribution in [3.05, 3.63) is 29.8 Å². The van der Waals surface area contributed by atoms with E-state index in [1.165, 1.54) is 0 Å². The van der Waals surface area contributed by atoms with E-state index >= 15 is 0 Å². The van der Waals surface area contributed by atoms with Crippen LogP contribution in [0.3, 0.4) is 0 Å². The Morgan fingerprint density at radius 3 is 2.28 bits per heavy atom. The van der Waals surface area contributed by atoms with Crippen LogP contribution in [0.2, 0.25) is 0 Å². The number of nitrogens with zero attached hydrogens (tertiary/aromatic N) is 1. The first-order valence-corrected chi connectivity index (χ1v) is 5.92. The molecule has 0 atom stereocenters. The van der Waals surface area contributed by atoms with Gasteiger partial charge in [-0.2, -0.15) is 0 Å². The zero-order chi connectivity index (χ0) is 12.7. The number of hydrogen-bond acceptors (Lipinski definition) is 4. The molecule has 18 heavy (non-hydrogen) atoms. The van der Waals surface area contributed by atoms with Gasteiger partial charge < -0.3 is 15.4 Å². The molecule has 0 radical (unpaired) electrons. The van der Waals surface area contributed by atoms with Crippen LogP contribution in [-0.4, -0.2) is 66.7 Å². The molecule has 0 bridgehead atoms. The average Bonchev–Trinajstić information content (AvgIpc) is 2.35. The molecule has 2 N–H and O–H groups in total. The van der Waals surface area contributed by atoms with Gasteiger partial charge in [-0.25, -0.2) is 4.79 Å². The van der Waals surface area contributed by atoms with Gasteiger partial charge in [0.15, 0.2) is 0 Å². The summed E-state index contributed by atoms with van der Waals surface area (Å²) in [6, 6.07) is 6.74. The molecule has 1 aromatic rings. The van der Waals surface area contributed by atoms with Gasteiger partial charge in [0.1, 0.15) is 6.61 Å². The van der Waals surface area contributed by atoms with E-state index in [2.05, 4.69) is 18.7 Å². The quantitative estimate of drug-likeness (QED) is 0.473. The molecule has 0 aliphatic heterocycles. The van der Waals surface area contributed by atoms with E-state index in [0.29, 0.717) is 17.9 Å². The van der Waals surface area contributed by atoms with Crippen molar-refractivity contribution in [3.8, 4) is 0 Å². The number of carbonyl (C=O) groups excluding carboxylic acids is 1. The summed E-state index contributed by atoms with van der Waals surface area (Å²) in [4.78, 5) is 13.8. The number of ether oxygens (including phenoxy) is 1. The van der Waals surface area contributed by atoms with E-state index in [0.717, 1.165) is 19.6 Å². The first-order valence-electron chi connectivity index (χ1n) is 5.92. The first kappa shape index (κ1) is 17.4. The van der Waals surface area contributed by atoms with Gasteiger partial charge in [-0.05, 0) is 37.4 Å². The molecule has 0 aliphatic rings. The number of nitrogen functional groups attached to an aromatic ring is 1. The predicted octanol–water partition coefficient (Wildman–Crippen LogP) is 1.12. The Hall–Kier alpha value is -0.550. The molecule has 0 amide bonds. The second-order valence-corrected chi connectivity index (χ2v) is 3.78. The maximum atomic E-state index is 11.6. The van der Waals surface area contributed by atoms with E-state index in [-0.39, 0.29) is 35.5 Å². The number of hydrogen-bond donors (Lipinski definition) is 1. The molecule has 4 nitrogen and oxygen atoms in total. The zero-order valence-corrected chi connectivity index (χ0v) is 10.5. The molecule has 0 aliphatic carbocycles. The fourth-order valence-corrected chi connectivity index (χ4v) is 1.51. The monoisotopic (exact) mass is 260 g/mol. The number of benzene rings is 1. The SMILES string of the molecule is CCN(CC)CCOC(=O)c1ccc(N)cc1.[NaH]. The molecular formula is C13H21N2NaO2. The molecule has 0 saturated carbocycles. The third kappa shape index (κ3) is 5.87. The molecule has 1 rings (SSSR count). The van der Waals surface area contributed by atoms with Crippen LogP contribution in [0.15, 0.2) is 24.3 Å². The number of carbonyl (C=O) groups is 1. The number of likely N-dealkylation sites (N-methyl/N-ethyl adjacent to an activating group) is 1. The van der Waals surface area contributed by atoms with Gasteiger partial charge in [-0.15, -0.1) is 0 Å². The third-order valence-electron chi connectivity index (χ3n) is 2.68. The van der Waals surface area contributed by atoms with Crippen molar-refractivity contribution >= 4 is 41.2 Å². The standard InChI is InChI=1S/C13H20N2O2.Na.H/c1-3-15(4-2)9-10-17-13(16)11-5-7-12(14)8-6-11;;/h5-8H,3-4,9-10,14H2,1-2H3;;. The van der Waals surface area contributed by atoms with Crippen LogP contribution in [0.1, 0.15) is 24.2 Å². The molecule has 96 valence electrons. The van der Waals surface area contributed by atoms with Crippen LogP contribution < -0.4 is 5.73 Å². The van der Waals surface area contributed by atoms with E-state index in [1.54, 1.807) is 24.3 Å². The molecule has 0 aromatic heterocycles. The van der Waals surface area contributed by atoms with Crippen LogP contribution >= 0.6 is 0 Å². The maximum absolute atomic E-state index is 11.6. The van der Waals surface area contributed by atoms with Crippen LogP contribution in [0.4, 0.5) is 5.69 Å². The molecule has 0 spiro atoms. The summed E-state index contributed by atoms with van der Waals surface area (Å²) in [6.07, 6.45) is 0. The second kappa shape index (κ2) is 9.39. The summed E-state index contributed by atoms with van der Waals surface area (Å²) < 4.78 is 5.18. The summed E-state index contributed by atoms with van der Waals surface area (Å²) in [7, 11) is 0. The average molecular weight is 260 g/mol. The molecule has 5 heteroatoms. The minimum absolute atomic E-state index is 0.